The van der Waals surface area contributed by atoms with Crippen molar-refractivity contribution in [3.05, 3.63) is 0 Å². The van der Waals surface area contributed by atoms with E-state index in [1.807, 2.05) is 0 Å². The third-order valence-corrected chi connectivity index (χ3v) is 10.4. The summed E-state index contributed by atoms with van der Waals surface area (Å²) in [6.07, 6.45) is 0. The summed E-state index contributed by atoms with van der Waals surface area (Å²) in [5.74, 6) is 1.00. The van der Waals surface area contributed by atoms with Gasteiger partial charge in [-0.25, -0.2) is 0 Å². The normalized spacial score (nSPS) is 52.0. The van der Waals surface area contributed by atoms with Crippen LogP contribution in [0.2, 0.25) is 7.93 Å². The Morgan fingerprint density at radius 3 is 1.78 bits per heavy atom. The van der Waals surface area contributed by atoms with Gasteiger partial charge in [0.05, 0.1) is 0 Å². The summed E-state index contributed by atoms with van der Waals surface area (Å²) < 4.78 is 3.16. The maximum atomic E-state index is 2.63. The van der Waals surface area contributed by atoms with E-state index in [0.29, 0.717) is 20.9 Å². The second-order valence-electron chi connectivity index (χ2n) is 2.85. The van der Waals surface area contributed by atoms with Gasteiger partial charge in [-0.15, -0.1) is 0 Å². The van der Waals surface area contributed by atoms with Crippen LogP contribution in [-0.2, 0) is 0 Å². The zero-order chi connectivity index (χ0) is 7.02. The number of rotatable bonds is 0. The van der Waals surface area contributed by atoms with E-state index in [4.69, 9.17) is 0 Å². The standard InChI is InChI=1S/C7H13ITe/c1-4-5(2)9-6(3)7(4)8/h4-7H,1-3H3. The summed E-state index contributed by atoms with van der Waals surface area (Å²) >= 11 is 2.99. The molecule has 2 heteroatoms. The molecule has 0 saturated carbocycles. The van der Waals surface area contributed by atoms with Crippen molar-refractivity contribution in [3.8, 4) is 0 Å². The molecule has 0 nitrogen and oxygen atoms in total. The minimum absolute atomic E-state index is 0.363. The maximum absolute atomic E-state index is 2.63. The van der Waals surface area contributed by atoms with Crippen LogP contribution in [0.1, 0.15) is 20.8 Å². The van der Waals surface area contributed by atoms with Gasteiger partial charge in [0, 0.05) is 0 Å². The summed E-state index contributed by atoms with van der Waals surface area (Å²) in [5, 5.41) is 0. The molecule has 0 aromatic heterocycles. The molecule has 0 aliphatic carbocycles. The number of alkyl halides is 1. The molecule has 4 atom stereocenters. The second-order valence-corrected chi connectivity index (χ2v) is 9.31. The SMILES string of the molecule is CC1[Te]C(C)C(I)C1C. The number of halogens is 1. The molecular weight excluding hydrogens is 339 g/mol. The molecule has 9 heavy (non-hydrogen) atoms. The van der Waals surface area contributed by atoms with Gasteiger partial charge >= 0.3 is 82.1 Å². The van der Waals surface area contributed by atoms with Crippen molar-refractivity contribution < 1.29 is 0 Å². The predicted octanol–water partition coefficient (Wildman–Crippen LogP) is 2.76. The van der Waals surface area contributed by atoms with Gasteiger partial charge < -0.3 is 0 Å². The Kier molecular flexibility index (Phi) is 3.14. The van der Waals surface area contributed by atoms with Gasteiger partial charge in [-0.2, -0.15) is 0 Å². The molecule has 0 aromatic carbocycles. The molecule has 1 aliphatic heterocycles. The Morgan fingerprint density at radius 2 is 1.67 bits per heavy atom. The van der Waals surface area contributed by atoms with Gasteiger partial charge in [-0.1, -0.05) is 0 Å². The Labute approximate surface area is 81.4 Å². The van der Waals surface area contributed by atoms with Crippen molar-refractivity contribution >= 4 is 43.5 Å². The van der Waals surface area contributed by atoms with Gasteiger partial charge in [0.25, 0.3) is 0 Å². The van der Waals surface area contributed by atoms with Crippen molar-refractivity contribution in [1.82, 2.24) is 0 Å². The first-order valence-corrected chi connectivity index (χ1v) is 7.36. The number of hydrogen-bond donors (Lipinski definition) is 0. The van der Waals surface area contributed by atoms with Gasteiger partial charge in [0.1, 0.15) is 0 Å². The summed E-state index contributed by atoms with van der Waals surface area (Å²) in [5.41, 5.74) is 0. The summed E-state index contributed by atoms with van der Waals surface area (Å²) in [6.45, 7) is 7.28. The zero-order valence-corrected chi connectivity index (χ0v) is 10.6. The summed E-state index contributed by atoms with van der Waals surface area (Å²) in [4.78, 5) is 0. The van der Waals surface area contributed by atoms with E-state index in [-0.39, 0.29) is 0 Å². The Balaban J connectivity index is 2.54. The quantitative estimate of drug-likeness (QED) is 0.358. The fourth-order valence-electron chi connectivity index (χ4n) is 1.22. The third kappa shape index (κ3) is 1.75. The van der Waals surface area contributed by atoms with E-state index >= 15 is 0 Å². The van der Waals surface area contributed by atoms with Crippen LogP contribution in [0, 0.1) is 5.92 Å². The second kappa shape index (κ2) is 3.28. The first-order valence-electron chi connectivity index (χ1n) is 3.42. The Bertz CT molecular complexity index is 93.1. The van der Waals surface area contributed by atoms with Crippen molar-refractivity contribution in [2.24, 2.45) is 5.92 Å². The molecule has 0 spiro atoms. The van der Waals surface area contributed by atoms with Crippen molar-refractivity contribution in [3.63, 3.8) is 0 Å². The van der Waals surface area contributed by atoms with Crippen LogP contribution in [0.3, 0.4) is 0 Å². The van der Waals surface area contributed by atoms with E-state index in [1.54, 1.807) is 0 Å². The van der Waals surface area contributed by atoms with E-state index in [9.17, 15) is 0 Å². The number of hydrogen-bond acceptors (Lipinski definition) is 0. The van der Waals surface area contributed by atoms with E-state index in [0.717, 1.165) is 17.8 Å². The summed E-state index contributed by atoms with van der Waals surface area (Å²) in [6, 6.07) is 0. The third-order valence-electron chi connectivity index (χ3n) is 2.12. The van der Waals surface area contributed by atoms with Crippen LogP contribution in [0.15, 0.2) is 0 Å². The molecule has 0 aromatic rings. The van der Waals surface area contributed by atoms with E-state index in [1.165, 1.54) is 0 Å². The van der Waals surface area contributed by atoms with Crippen LogP contribution in [0.5, 0.6) is 0 Å². The van der Waals surface area contributed by atoms with Crippen molar-refractivity contribution in [2.75, 3.05) is 0 Å². The molecule has 1 heterocycles. The average molecular weight is 352 g/mol. The zero-order valence-electron chi connectivity index (χ0n) is 6.10. The van der Waals surface area contributed by atoms with Gasteiger partial charge in [0.2, 0.25) is 0 Å². The molecular formula is C7H13ITe. The Hall–Kier alpha value is 1.52. The molecule has 4 unspecified atom stereocenters. The van der Waals surface area contributed by atoms with Gasteiger partial charge in [0.15, 0.2) is 0 Å². The molecule has 0 radical (unpaired) electrons. The molecule has 0 bridgehead atoms. The fraction of sp³-hybridized carbons (Fsp3) is 1.00. The van der Waals surface area contributed by atoms with E-state index < -0.39 is 0 Å². The van der Waals surface area contributed by atoms with Crippen LogP contribution in [-0.4, -0.2) is 24.8 Å². The van der Waals surface area contributed by atoms with Crippen LogP contribution >= 0.6 is 22.6 Å². The minimum atomic E-state index is 0.363. The van der Waals surface area contributed by atoms with Gasteiger partial charge in [-0.05, 0) is 0 Å². The van der Waals surface area contributed by atoms with Crippen LogP contribution in [0.25, 0.3) is 0 Å². The van der Waals surface area contributed by atoms with Crippen molar-refractivity contribution in [2.45, 2.75) is 32.6 Å². The monoisotopic (exact) mass is 354 g/mol. The average Bonchev–Trinajstić information content (AvgIpc) is 1.98. The van der Waals surface area contributed by atoms with E-state index in [2.05, 4.69) is 43.4 Å². The Morgan fingerprint density at radius 1 is 1.11 bits per heavy atom. The predicted molar refractivity (Wildman–Crippen MR) is 51.6 cm³/mol. The molecule has 1 rings (SSSR count). The van der Waals surface area contributed by atoms with Crippen LogP contribution in [0.4, 0.5) is 0 Å². The molecule has 0 N–H and O–H groups in total. The van der Waals surface area contributed by atoms with Gasteiger partial charge in [-0.3, -0.25) is 0 Å². The van der Waals surface area contributed by atoms with Crippen LogP contribution < -0.4 is 0 Å². The topological polar surface area (TPSA) is 0 Å². The molecule has 54 valence electrons. The molecule has 1 fully saturated rings. The molecule has 1 saturated heterocycles. The molecule has 0 amide bonds. The summed E-state index contributed by atoms with van der Waals surface area (Å²) in [7, 11) is 0. The first kappa shape index (κ1) is 8.61. The molecule has 1 aliphatic rings. The first-order chi connectivity index (χ1) is 4.13. The van der Waals surface area contributed by atoms with Crippen molar-refractivity contribution in [1.29, 1.82) is 0 Å². The fourth-order valence-corrected chi connectivity index (χ4v) is 8.12.